The molecule has 0 spiro atoms. The lowest BCUT2D eigenvalue weighted by molar-refractivity contribution is 0.0509. The van der Waals surface area contributed by atoms with Crippen LogP contribution < -0.4 is 0 Å². The molecule has 1 N–H and O–H groups in total. The van der Waals surface area contributed by atoms with E-state index >= 15 is 0 Å². The topological polar surface area (TPSA) is 33.1 Å². The van der Waals surface area contributed by atoms with Gasteiger partial charge < -0.3 is 5.11 Å². The molecule has 0 amide bonds. The first-order chi connectivity index (χ1) is 6.29. The van der Waals surface area contributed by atoms with Crippen LogP contribution in [-0.2, 0) is 0 Å². The van der Waals surface area contributed by atoms with Gasteiger partial charge in [0, 0.05) is 5.38 Å². The molecule has 1 saturated carbocycles. The molecular formula is C10H15NOS. The van der Waals surface area contributed by atoms with Crippen LogP contribution in [0.1, 0.15) is 38.0 Å². The number of hydrogen-bond donors (Lipinski definition) is 1. The third-order valence-electron chi connectivity index (χ3n) is 3.15. The predicted molar refractivity (Wildman–Crippen MR) is 53.6 cm³/mol. The van der Waals surface area contributed by atoms with Crippen LogP contribution in [0.5, 0.6) is 0 Å². The second-order valence-corrected chi connectivity index (χ2v) is 4.63. The molecule has 72 valence electrons. The Labute approximate surface area is 82.6 Å². The zero-order chi connectivity index (χ0) is 9.26. The van der Waals surface area contributed by atoms with Gasteiger partial charge in [-0.1, -0.05) is 26.2 Å². The molecular weight excluding hydrogens is 182 g/mol. The minimum Gasteiger partial charge on any atom is -0.386 e. The highest BCUT2D eigenvalue weighted by molar-refractivity contribution is 7.07. The Morgan fingerprint density at radius 1 is 1.62 bits per heavy atom. The van der Waals surface area contributed by atoms with Crippen molar-refractivity contribution in [3.8, 4) is 0 Å². The normalized spacial score (nSPS) is 22.3. The van der Waals surface area contributed by atoms with E-state index in [1.54, 1.807) is 16.8 Å². The molecule has 1 fully saturated rings. The van der Waals surface area contributed by atoms with Crippen molar-refractivity contribution in [2.24, 2.45) is 11.8 Å². The average molecular weight is 197 g/mol. The molecule has 2 unspecified atom stereocenters. The zero-order valence-electron chi connectivity index (χ0n) is 7.81. The van der Waals surface area contributed by atoms with E-state index in [9.17, 15) is 5.11 Å². The quantitative estimate of drug-likeness (QED) is 0.808. The zero-order valence-corrected chi connectivity index (χ0v) is 8.63. The Morgan fingerprint density at radius 3 is 2.85 bits per heavy atom. The maximum atomic E-state index is 9.96. The Hall–Kier alpha value is -0.410. The lowest BCUT2D eigenvalue weighted by Crippen LogP contribution is -2.25. The highest BCUT2D eigenvalue weighted by atomic mass is 32.1. The summed E-state index contributed by atoms with van der Waals surface area (Å²) in [5.74, 6) is 1.09. The summed E-state index contributed by atoms with van der Waals surface area (Å²) >= 11 is 1.55. The highest BCUT2D eigenvalue weighted by Gasteiger charge is 2.30. The van der Waals surface area contributed by atoms with Crippen LogP contribution in [0.4, 0.5) is 0 Å². The summed E-state index contributed by atoms with van der Waals surface area (Å²) < 4.78 is 0. The van der Waals surface area contributed by atoms with Crippen LogP contribution >= 0.6 is 11.3 Å². The Kier molecular flexibility index (Phi) is 2.65. The van der Waals surface area contributed by atoms with E-state index in [1.165, 1.54) is 19.3 Å². The summed E-state index contributed by atoms with van der Waals surface area (Å²) in [5, 5.41) is 11.9. The number of aromatic nitrogens is 1. The lowest BCUT2D eigenvalue weighted by atomic mass is 9.74. The van der Waals surface area contributed by atoms with Gasteiger partial charge >= 0.3 is 0 Å². The van der Waals surface area contributed by atoms with Gasteiger partial charge in [0.15, 0.2) is 0 Å². The van der Waals surface area contributed by atoms with E-state index in [0.29, 0.717) is 5.92 Å². The summed E-state index contributed by atoms with van der Waals surface area (Å²) in [5.41, 5.74) is 2.64. The van der Waals surface area contributed by atoms with E-state index in [4.69, 9.17) is 0 Å². The molecule has 3 heteroatoms. The second kappa shape index (κ2) is 3.76. The van der Waals surface area contributed by atoms with Gasteiger partial charge in [0.05, 0.1) is 17.3 Å². The maximum absolute atomic E-state index is 9.96. The number of aliphatic hydroxyl groups is 1. The average Bonchev–Trinajstić information content (AvgIpc) is 2.51. The fourth-order valence-corrected chi connectivity index (χ4v) is 2.44. The van der Waals surface area contributed by atoms with E-state index < -0.39 is 0 Å². The van der Waals surface area contributed by atoms with Crippen LogP contribution in [0.2, 0.25) is 0 Å². The Morgan fingerprint density at radius 2 is 2.38 bits per heavy atom. The minimum absolute atomic E-state index is 0.350. The standard InChI is InChI=1S/C10H15NOS/c1-7(8-3-2-4-8)10(12)9-5-13-6-11-9/h5-8,10,12H,2-4H2,1H3. The third kappa shape index (κ3) is 1.76. The summed E-state index contributed by atoms with van der Waals surface area (Å²) in [4.78, 5) is 4.15. The minimum atomic E-state index is -0.350. The van der Waals surface area contributed by atoms with Crippen molar-refractivity contribution in [1.29, 1.82) is 0 Å². The van der Waals surface area contributed by atoms with Crippen molar-refractivity contribution in [2.75, 3.05) is 0 Å². The summed E-state index contributed by atoms with van der Waals surface area (Å²) in [6, 6.07) is 0. The smallest absolute Gasteiger partial charge is 0.0996 e. The molecule has 0 saturated heterocycles. The fourth-order valence-electron chi connectivity index (χ4n) is 1.86. The number of aliphatic hydroxyl groups excluding tert-OH is 1. The largest absolute Gasteiger partial charge is 0.386 e. The van der Waals surface area contributed by atoms with Crippen LogP contribution in [0.25, 0.3) is 0 Å². The molecule has 1 aliphatic carbocycles. The molecule has 2 nitrogen and oxygen atoms in total. The fraction of sp³-hybridized carbons (Fsp3) is 0.700. The number of nitrogens with zero attached hydrogens (tertiary/aromatic N) is 1. The molecule has 2 rings (SSSR count). The monoisotopic (exact) mass is 197 g/mol. The SMILES string of the molecule is CC(C1CCC1)C(O)c1cscn1. The first-order valence-electron chi connectivity index (χ1n) is 4.85. The first kappa shape index (κ1) is 9.16. The van der Waals surface area contributed by atoms with Gasteiger partial charge in [-0.25, -0.2) is 4.98 Å². The van der Waals surface area contributed by atoms with Crippen molar-refractivity contribution in [3.63, 3.8) is 0 Å². The van der Waals surface area contributed by atoms with Gasteiger partial charge in [-0.3, -0.25) is 0 Å². The molecule has 13 heavy (non-hydrogen) atoms. The van der Waals surface area contributed by atoms with Crippen LogP contribution in [-0.4, -0.2) is 10.1 Å². The molecule has 1 aliphatic rings. The van der Waals surface area contributed by atoms with E-state index in [1.807, 2.05) is 5.38 Å². The molecule has 0 aromatic carbocycles. The summed E-state index contributed by atoms with van der Waals surface area (Å²) in [6.07, 6.45) is 3.54. The molecule has 0 aliphatic heterocycles. The van der Waals surface area contributed by atoms with Gasteiger partial charge in [0.1, 0.15) is 0 Å². The number of hydrogen-bond acceptors (Lipinski definition) is 3. The Bertz CT molecular complexity index is 256. The van der Waals surface area contributed by atoms with Crippen molar-refractivity contribution in [2.45, 2.75) is 32.3 Å². The molecule has 1 heterocycles. The van der Waals surface area contributed by atoms with Gasteiger partial charge in [-0.15, -0.1) is 11.3 Å². The molecule has 1 aromatic rings. The van der Waals surface area contributed by atoms with Crippen molar-refractivity contribution >= 4 is 11.3 Å². The summed E-state index contributed by atoms with van der Waals surface area (Å²) in [6.45, 7) is 2.13. The first-order valence-corrected chi connectivity index (χ1v) is 5.79. The molecule has 2 atom stereocenters. The van der Waals surface area contributed by atoms with Crippen LogP contribution in [0.3, 0.4) is 0 Å². The highest BCUT2D eigenvalue weighted by Crippen LogP contribution is 2.39. The maximum Gasteiger partial charge on any atom is 0.0996 e. The van der Waals surface area contributed by atoms with Crippen LogP contribution in [0, 0.1) is 11.8 Å². The van der Waals surface area contributed by atoms with Gasteiger partial charge in [-0.05, 0) is 11.8 Å². The number of thiazole rings is 1. The van der Waals surface area contributed by atoms with E-state index in [2.05, 4.69) is 11.9 Å². The van der Waals surface area contributed by atoms with Crippen molar-refractivity contribution < 1.29 is 5.11 Å². The molecule has 0 radical (unpaired) electrons. The van der Waals surface area contributed by atoms with Crippen molar-refractivity contribution in [3.05, 3.63) is 16.6 Å². The van der Waals surface area contributed by atoms with Crippen molar-refractivity contribution in [1.82, 2.24) is 4.98 Å². The van der Waals surface area contributed by atoms with E-state index in [-0.39, 0.29) is 6.10 Å². The van der Waals surface area contributed by atoms with Gasteiger partial charge in [0.25, 0.3) is 0 Å². The van der Waals surface area contributed by atoms with Crippen LogP contribution in [0.15, 0.2) is 10.9 Å². The number of rotatable bonds is 3. The third-order valence-corrected chi connectivity index (χ3v) is 3.75. The Balaban J connectivity index is 1.99. The lowest BCUT2D eigenvalue weighted by Gasteiger charge is -2.33. The van der Waals surface area contributed by atoms with Gasteiger partial charge in [-0.2, -0.15) is 0 Å². The molecule has 0 bridgehead atoms. The second-order valence-electron chi connectivity index (χ2n) is 3.91. The van der Waals surface area contributed by atoms with Gasteiger partial charge in [0.2, 0.25) is 0 Å². The predicted octanol–water partition coefficient (Wildman–Crippen LogP) is 2.61. The molecule has 1 aromatic heterocycles. The summed E-state index contributed by atoms with van der Waals surface area (Å²) in [7, 11) is 0. The van der Waals surface area contributed by atoms with E-state index in [0.717, 1.165) is 11.6 Å².